The summed E-state index contributed by atoms with van der Waals surface area (Å²) in [5.41, 5.74) is 3.83. The summed E-state index contributed by atoms with van der Waals surface area (Å²) < 4.78 is 0. The fourth-order valence-corrected chi connectivity index (χ4v) is 4.37. The van der Waals surface area contributed by atoms with Gasteiger partial charge < -0.3 is 10.2 Å². The van der Waals surface area contributed by atoms with E-state index in [9.17, 15) is 0 Å². The second kappa shape index (κ2) is 10.7. The lowest BCUT2D eigenvalue weighted by Gasteiger charge is -2.31. The van der Waals surface area contributed by atoms with E-state index in [1.165, 1.54) is 29.7 Å². The molecule has 1 aromatic carbocycles. The Morgan fingerprint density at radius 3 is 2.59 bits per heavy atom. The molecule has 3 rings (SSSR count). The summed E-state index contributed by atoms with van der Waals surface area (Å²) in [4.78, 5) is 14.3. The molecule has 1 aliphatic rings. The maximum atomic E-state index is 4.97. The van der Waals surface area contributed by atoms with Crippen LogP contribution in [-0.2, 0) is 13.1 Å². The van der Waals surface area contributed by atoms with Crippen molar-refractivity contribution in [2.24, 2.45) is 10.9 Å². The van der Waals surface area contributed by atoms with E-state index in [0.29, 0.717) is 5.92 Å². The highest BCUT2D eigenvalue weighted by Crippen LogP contribution is 2.20. The summed E-state index contributed by atoms with van der Waals surface area (Å²) >= 11 is 1.75. The number of nitrogens with one attached hydrogen (secondary N) is 1. The molecule has 5 nitrogen and oxygen atoms in total. The first kappa shape index (κ1) is 21.8. The van der Waals surface area contributed by atoms with Crippen molar-refractivity contribution in [1.29, 1.82) is 0 Å². The van der Waals surface area contributed by atoms with Gasteiger partial charge in [-0.25, -0.2) is 4.98 Å². The quantitative estimate of drug-likeness (QED) is 0.549. The van der Waals surface area contributed by atoms with E-state index < -0.39 is 0 Å². The monoisotopic (exact) mass is 413 g/mol. The van der Waals surface area contributed by atoms with E-state index in [2.05, 4.69) is 77.6 Å². The second-order valence-electron chi connectivity index (χ2n) is 8.11. The van der Waals surface area contributed by atoms with Crippen molar-refractivity contribution in [3.05, 3.63) is 51.5 Å². The predicted molar refractivity (Wildman–Crippen MR) is 123 cm³/mol. The number of likely N-dealkylation sites (tertiary alicyclic amines) is 1. The molecular weight excluding hydrogens is 378 g/mol. The van der Waals surface area contributed by atoms with Crippen LogP contribution in [0.4, 0.5) is 0 Å². The molecular formula is C23H35N5S. The zero-order chi connectivity index (χ0) is 20.6. The number of piperidine rings is 1. The van der Waals surface area contributed by atoms with E-state index in [1.807, 2.05) is 0 Å². The highest BCUT2D eigenvalue weighted by atomic mass is 32.1. The lowest BCUT2D eigenvalue weighted by Crippen LogP contribution is -2.39. The fraction of sp³-hybridized carbons (Fsp3) is 0.565. The fourth-order valence-electron chi connectivity index (χ4n) is 3.76. The average molecular weight is 414 g/mol. The SMILES string of the molecule is CCNC(=NCC1CCN(Cc2csc(C)n2)CC1)N(C)Cc1ccc(C)cc1. The average Bonchev–Trinajstić information content (AvgIpc) is 3.12. The van der Waals surface area contributed by atoms with Crippen molar-refractivity contribution >= 4 is 17.3 Å². The Bertz CT molecular complexity index is 775. The number of hydrogen-bond donors (Lipinski definition) is 1. The Balaban J connectivity index is 1.49. The minimum absolute atomic E-state index is 0.671. The van der Waals surface area contributed by atoms with Crippen molar-refractivity contribution in [3.8, 4) is 0 Å². The minimum Gasteiger partial charge on any atom is -0.357 e. The number of aliphatic imine (C=N–C) groups is 1. The van der Waals surface area contributed by atoms with Crippen LogP contribution in [0.25, 0.3) is 0 Å². The van der Waals surface area contributed by atoms with Crippen molar-refractivity contribution in [1.82, 2.24) is 20.1 Å². The molecule has 158 valence electrons. The normalized spacial score (nSPS) is 16.2. The van der Waals surface area contributed by atoms with Crippen LogP contribution in [0.2, 0.25) is 0 Å². The van der Waals surface area contributed by atoms with Crippen molar-refractivity contribution in [2.45, 2.75) is 46.7 Å². The maximum Gasteiger partial charge on any atom is 0.193 e. The highest BCUT2D eigenvalue weighted by molar-refractivity contribution is 7.09. The molecule has 2 heterocycles. The molecule has 0 aliphatic carbocycles. The molecule has 1 aromatic heterocycles. The number of hydrogen-bond acceptors (Lipinski definition) is 4. The van der Waals surface area contributed by atoms with E-state index in [4.69, 9.17) is 4.99 Å². The Hall–Kier alpha value is -1.92. The molecule has 0 spiro atoms. The summed E-state index contributed by atoms with van der Waals surface area (Å²) in [6.07, 6.45) is 2.43. The summed E-state index contributed by atoms with van der Waals surface area (Å²) in [7, 11) is 2.12. The Morgan fingerprint density at radius 1 is 1.24 bits per heavy atom. The standard InChI is InChI=1S/C23H35N5S/c1-5-24-23(27(4)15-21-8-6-18(2)7-9-21)25-14-20-10-12-28(13-11-20)16-22-17-29-19(3)26-22/h6-9,17,20H,5,10-16H2,1-4H3,(H,24,25). The third-order valence-corrected chi connectivity index (χ3v) is 6.32. The first-order valence-electron chi connectivity index (χ1n) is 10.7. The van der Waals surface area contributed by atoms with Gasteiger partial charge in [-0.2, -0.15) is 0 Å². The number of aryl methyl sites for hydroxylation is 2. The lowest BCUT2D eigenvalue weighted by molar-refractivity contribution is 0.179. The highest BCUT2D eigenvalue weighted by Gasteiger charge is 2.20. The number of thiazole rings is 1. The van der Waals surface area contributed by atoms with Gasteiger partial charge >= 0.3 is 0 Å². The largest absolute Gasteiger partial charge is 0.357 e. The van der Waals surface area contributed by atoms with Crippen LogP contribution < -0.4 is 5.32 Å². The van der Waals surface area contributed by atoms with Crippen LogP contribution in [-0.4, -0.2) is 54.0 Å². The van der Waals surface area contributed by atoms with Gasteiger partial charge in [-0.3, -0.25) is 9.89 Å². The van der Waals surface area contributed by atoms with Crippen LogP contribution in [0.15, 0.2) is 34.6 Å². The molecule has 2 aromatic rings. The zero-order valence-electron chi connectivity index (χ0n) is 18.3. The van der Waals surface area contributed by atoms with Crippen LogP contribution in [0, 0.1) is 19.8 Å². The molecule has 1 aliphatic heterocycles. The van der Waals surface area contributed by atoms with Gasteiger partial charge in [0.15, 0.2) is 5.96 Å². The van der Waals surface area contributed by atoms with E-state index in [0.717, 1.165) is 50.2 Å². The lowest BCUT2D eigenvalue weighted by atomic mass is 9.97. The van der Waals surface area contributed by atoms with Gasteiger partial charge in [0, 0.05) is 38.6 Å². The van der Waals surface area contributed by atoms with Gasteiger partial charge in [0.25, 0.3) is 0 Å². The summed E-state index contributed by atoms with van der Waals surface area (Å²) in [5.74, 6) is 1.68. The second-order valence-corrected chi connectivity index (χ2v) is 9.18. The Morgan fingerprint density at radius 2 is 1.97 bits per heavy atom. The van der Waals surface area contributed by atoms with Crippen molar-refractivity contribution < 1.29 is 0 Å². The summed E-state index contributed by atoms with van der Waals surface area (Å²) in [6.45, 7) is 12.3. The molecule has 0 unspecified atom stereocenters. The molecule has 0 atom stereocenters. The smallest absolute Gasteiger partial charge is 0.193 e. The van der Waals surface area contributed by atoms with Crippen LogP contribution in [0.5, 0.6) is 0 Å². The van der Waals surface area contributed by atoms with E-state index in [1.54, 1.807) is 11.3 Å². The molecule has 0 saturated carbocycles. The Labute approximate surface area is 179 Å². The molecule has 0 bridgehead atoms. The molecule has 0 radical (unpaired) electrons. The number of benzene rings is 1. The van der Waals surface area contributed by atoms with Gasteiger partial charge in [0.2, 0.25) is 0 Å². The third kappa shape index (κ3) is 6.82. The number of guanidine groups is 1. The van der Waals surface area contributed by atoms with Gasteiger partial charge in [-0.05, 0) is 58.2 Å². The molecule has 29 heavy (non-hydrogen) atoms. The van der Waals surface area contributed by atoms with E-state index in [-0.39, 0.29) is 0 Å². The Kier molecular flexibility index (Phi) is 8.07. The van der Waals surface area contributed by atoms with Crippen molar-refractivity contribution in [2.75, 3.05) is 33.2 Å². The number of aromatic nitrogens is 1. The molecule has 1 fully saturated rings. The first-order chi connectivity index (χ1) is 14.0. The van der Waals surface area contributed by atoms with Gasteiger partial charge in [-0.1, -0.05) is 29.8 Å². The molecule has 6 heteroatoms. The predicted octanol–water partition coefficient (Wildman–Crippen LogP) is 4.07. The van der Waals surface area contributed by atoms with E-state index >= 15 is 0 Å². The van der Waals surface area contributed by atoms with Crippen LogP contribution >= 0.6 is 11.3 Å². The maximum absolute atomic E-state index is 4.97. The molecule has 0 amide bonds. The first-order valence-corrected chi connectivity index (χ1v) is 11.6. The summed E-state index contributed by atoms with van der Waals surface area (Å²) in [6, 6.07) is 8.76. The minimum atomic E-state index is 0.671. The zero-order valence-corrected chi connectivity index (χ0v) is 19.1. The van der Waals surface area contributed by atoms with Gasteiger partial charge in [0.05, 0.1) is 10.7 Å². The van der Waals surface area contributed by atoms with Crippen LogP contribution in [0.3, 0.4) is 0 Å². The molecule has 1 N–H and O–H groups in total. The summed E-state index contributed by atoms with van der Waals surface area (Å²) in [5, 5.41) is 6.81. The van der Waals surface area contributed by atoms with Crippen LogP contribution in [0.1, 0.15) is 41.6 Å². The van der Waals surface area contributed by atoms with Gasteiger partial charge in [0.1, 0.15) is 0 Å². The van der Waals surface area contributed by atoms with Crippen molar-refractivity contribution in [3.63, 3.8) is 0 Å². The molecule has 1 saturated heterocycles. The van der Waals surface area contributed by atoms with Gasteiger partial charge in [-0.15, -0.1) is 11.3 Å². The number of nitrogens with zero attached hydrogens (tertiary/aromatic N) is 4. The number of rotatable bonds is 7. The third-order valence-electron chi connectivity index (χ3n) is 5.50. The topological polar surface area (TPSA) is 43.8 Å².